The summed E-state index contributed by atoms with van der Waals surface area (Å²) in [5, 5.41) is 12.1. The van der Waals surface area contributed by atoms with Crippen LogP contribution in [0.5, 0.6) is 0 Å². The van der Waals surface area contributed by atoms with Gasteiger partial charge in [0.05, 0.1) is 5.56 Å². The first-order valence-electron chi connectivity index (χ1n) is 5.51. The van der Waals surface area contributed by atoms with Crippen LogP contribution in [0.2, 0.25) is 0 Å². The van der Waals surface area contributed by atoms with E-state index in [4.69, 9.17) is 5.11 Å². The highest BCUT2D eigenvalue weighted by atomic mass is 16.4. The molecule has 16 heavy (non-hydrogen) atoms. The number of carboxylic acids is 1. The third kappa shape index (κ3) is 3.53. The number of hydrogen-bond acceptors (Lipinski definition) is 3. The van der Waals surface area contributed by atoms with Crippen LogP contribution in [0.3, 0.4) is 0 Å². The molecule has 1 aromatic rings. The van der Waals surface area contributed by atoms with E-state index in [1.165, 1.54) is 0 Å². The predicted octanol–water partition coefficient (Wildman–Crippen LogP) is 2.69. The van der Waals surface area contributed by atoms with E-state index in [-0.39, 0.29) is 5.56 Å². The number of nitrogens with zero attached hydrogens (tertiary/aromatic N) is 1. The molecule has 0 saturated heterocycles. The Morgan fingerprint density at radius 1 is 1.56 bits per heavy atom. The summed E-state index contributed by atoms with van der Waals surface area (Å²) in [5.74, 6) is -0.282. The lowest BCUT2D eigenvalue weighted by Crippen LogP contribution is -2.16. The van der Waals surface area contributed by atoms with Gasteiger partial charge >= 0.3 is 5.97 Å². The number of anilines is 1. The van der Waals surface area contributed by atoms with Crippen molar-refractivity contribution >= 4 is 11.8 Å². The first kappa shape index (κ1) is 12.5. The molecule has 0 radical (unpaired) electrons. The largest absolute Gasteiger partial charge is 0.478 e. The Morgan fingerprint density at radius 3 is 2.81 bits per heavy atom. The number of nitrogens with one attached hydrogen (secondary N) is 1. The number of carboxylic acid groups (broad SMARTS) is 1. The van der Waals surface area contributed by atoms with Gasteiger partial charge in [-0.2, -0.15) is 0 Å². The van der Waals surface area contributed by atoms with Crippen molar-refractivity contribution in [3.63, 3.8) is 0 Å². The number of aromatic carboxylic acids is 1. The fourth-order valence-corrected chi connectivity index (χ4v) is 1.62. The minimum Gasteiger partial charge on any atom is -0.478 e. The third-order valence-corrected chi connectivity index (χ3v) is 2.32. The summed E-state index contributed by atoms with van der Waals surface area (Å²) < 4.78 is 0. The standard InChI is InChI=1S/C12H18N2O2/c1-4-5-8(2)13-11-7-10(12(15)16)6-9(3)14-11/h6-8H,4-5H2,1-3H3,(H,13,14)(H,15,16). The number of rotatable bonds is 5. The monoisotopic (exact) mass is 222 g/mol. The molecule has 1 atom stereocenters. The van der Waals surface area contributed by atoms with Crippen molar-refractivity contribution in [1.82, 2.24) is 4.98 Å². The molecule has 0 aliphatic carbocycles. The van der Waals surface area contributed by atoms with Crippen molar-refractivity contribution in [2.45, 2.75) is 39.7 Å². The second-order valence-corrected chi connectivity index (χ2v) is 4.02. The fourth-order valence-electron chi connectivity index (χ4n) is 1.62. The van der Waals surface area contributed by atoms with E-state index in [0.29, 0.717) is 17.6 Å². The Morgan fingerprint density at radius 2 is 2.25 bits per heavy atom. The smallest absolute Gasteiger partial charge is 0.335 e. The van der Waals surface area contributed by atoms with Crippen LogP contribution in [0.4, 0.5) is 5.82 Å². The molecule has 0 fully saturated rings. The van der Waals surface area contributed by atoms with Gasteiger partial charge in [0, 0.05) is 11.7 Å². The minimum atomic E-state index is -0.920. The normalized spacial score (nSPS) is 12.2. The van der Waals surface area contributed by atoms with Gasteiger partial charge in [0.15, 0.2) is 0 Å². The maximum absolute atomic E-state index is 10.9. The molecule has 0 saturated carbocycles. The molecule has 2 N–H and O–H groups in total. The highest BCUT2D eigenvalue weighted by Gasteiger charge is 2.08. The molecule has 0 amide bonds. The lowest BCUT2D eigenvalue weighted by atomic mass is 10.2. The van der Waals surface area contributed by atoms with Crippen molar-refractivity contribution in [2.75, 3.05) is 5.32 Å². The van der Waals surface area contributed by atoms with Gasteiger partial charge in [-0.15, -0.1) is 0 Å². The van der Waals surface area contributed by atoms with Crippen LogP contribution in [-0.4, -0.2) is 22.1 Å². The molecule has 1 aromatic heterocycles. The minimum absolute atomic E-state index is 0.277. The molecule has 0 aliphatic heterocycles. The van der Waals surface area contributed by atoms with Crippen LogP contribution >= 0.6 is 0 Å². The number of hydrogen-bond donors (Lipinski definition) is 2. The molecule has 88 valence electrons. The van der Waals surface area contributed by atoms with E-state index in [1.807, 2.05) is 0 Å². The molecule has 1 rings (SSSR count). The van der Waals surface area contributed by atoms with Gasteiger partial charge in [-0.25, -0.2) is 9.78 Å². The van der Waals surface area contributed by atoms with Crippen LogP contribution in [-0.2, 0) is 0 Å². The van der Waals surface area contributed by atoms with Crippen molar-refractivity contribution in [3.05, 3.63) is 23.4 Å². The summed E-state index contributed by atoms with van der Waals surface area (Å²) in [6.07, 6.45) is 2.13. The molecule has 4 nitrogen and oxygen atoms in total. The fraction of sp³-hybridized carbons (Fsp3) is 0.500. The van der Waals surface area contributed by atoms with Gasteiger partial charge in [-0.3, -0.25) is 0 Å². The maximum Gasteiger partial charge on any atom is 0.335 e. The van der Waals surface area contributed by atoms with Gasteiger partial charge in [0.1, 0.15) is 5.82 Å². The van der Waals surface area contributed by atoms with Gasteiger partial charge < -0.3 is 10.4 Å². The van der Waals surface area contributed by atoms with Gasteiger partial charge in [-0.05, 0) is 32.4 Å². The number of aryl methyl sites for hydroxylation is 1. The summed E-state index contributed by atoms with van der Waals surface area (Å²) in [4.78, 5) is 15.1. The Bertz CT molecular complexity index is 377. The molecule has 1 unspecified atom stereocenters. The molecule has 4 heteroatoms. The quantitative estimate of drug-likeness (QED) is 0.804. The topological polar surface area (TPSA) is 62.2 Å². The summed E-state index contributed by atoms with van der Waals surface area (Å²) >= 11 is 0. The van der Waals surface area contributed by atoms with Crippen molar-refractivity contribution < 1.29 is 9.90 Å². The van der Waals surface area contributed by atoms with Gasteiger partial charge in [0.2, 0.25) is 0 Å². The van der Waals surface area contributed by atoms with Crippen LogP contribution in [0.1, 0.15) is 42.7 Å². The van der Waals surface area contributed by atoms with E-state index in [1.54, 1.807) is 19.1 Å². The summed E-state index contributed by atoms with van der Waals surface area (Å²) in [6, 6.07) is 3.44. The number of carbonyl (C=O) groups is 1. The maximum atomic E-state index is 10.9. The summed E-state index contributed by atoms with van der Waals surface area (Å²) in [7, 11) is 0. The van der Waals surface area contributed by atoms with Crippen LogP contribution in [0, 0.1) is 6.92 Å². The Labute approximate surface area is 95.7 Å². The highest BCUT2D eigenvalue weighted by Crippen LogP contribution is 2.12. The van der Waals surface area contributed by atoms with E-state index in [2.05, 4.69) is 24.1 Å². The Kier molecular flexibility index (Phi) is 4.28. The van der Waals surface area contributed by atoms with E-state index >= 15 is 0 Å². The van der Waals surface area contributed by atoms with Crippen molar-refractivity contribution in [3.8, 4) is 0 Å². The van der Waals surface area contributed by atoms with Crippen LogP contribution in [0.15, 0.2) is 12.1 Å². The Hall–Kier alpha value is -1.58. The summed E-state index contributed by atoms with van der Waals surface area (Å²) in [5.41, 5.74) is 0.991. The lowest BCUT2D eigenvalue weighted by molar-refractivity contribution is 0.0696. The lowest BCUT2D eigenvalue weighted by Gasteiger charge is -2.14. The first-order valence-corrected chi connectivity index (χ1v) is 5.51. The van der Waals surface area contributed by atoms with E-state index in [9.17, 15) is 4.79 Å². The molecular weight excluding hydrogens is 204 g/mol. The zero-order valence-corrected chi connectivity index (χ0v) is 9.95. The van der Waals surface area contributed by atoms with Gasteiger partial charge in [0.25, 0.3) is 0 Å². The zero-order chi connectivity index (χ0) is 12.1. The predicted molar refractivity (Wildman–Crippen MR) is 63.9 cm³/mol. The highest BCUT2D eigenvalue weighted by molar-refractivity contribution is 5.88. The molecule has 1 heterocycles. The molecule has 0 spiro atoms. The number of pyridine rings is 1. The molecule has 0 bridgehead atoms. The van der Waals surface area contributed by atoms with Gasteiger partial charge in [-0.1, -0.05) is 13.3 Å². The molecule has 0 aliphatic rings. The second kappa shape index (κ2) is 5.49. The second-order valence-electron chi connectivity index (χ2n) is 4.02. The van der Waals surface area contributed by atoms with Crippen LogP contribution < -0.4 is 5.32 Å². The zero-order valence-electron chi connectivity index (χ0n) is 9.95. The Balaban J connectivity index is 2.84. The van der Waals surface area contributed by atoms with E-state index < -0.39 is 5.97 Å². The first-order chi connectivity index (χ1) is 7.52. The third-order valence-electron chi connectivity index (χ3n) is 2.32. The molecule has 0 aromatic carbocycles. The molecular formula is C12H18N2O2. The van der Waals surface area contributed by atoms with Crippen LogP contribution in [0.25, 0.3) is 0 Å². The summed E-state index contributed by atoms with van der Waals surface area (Å²) in [6.45, 7) is 5.97. The van der Waals surface area contributed by atoms with E-state index in [0.717, 1.165) is 12.8 Å². The number of aromatic nitrogens is 1. The average Bonchev–Trinajstić information content (AvgIpc) is 2.16. The van der Waals surface area contributed by atoms with Crippen molar-refractivity contribution in [2.24, 2.45) is 0 Å². The van der Waals surface area contributed by atoms with Crippen molar-refractivity contribution in [1.29, 1.82) is 0 Å². The SMILES string of the molecule is CCCC(C)Nc1cc(C(=O)O)cc(C)n1. The average molecular weight is 222 g/mol.